The number of urea groups is 1. The molecule has 1 aliphatic rings. The minimum Gasteiger partial charge on any atom is -0.324 e. The molecule has 3 rings (SSSR count). The maximum absolute atomic E-state index is 12.1. The Morgan fingerprint density at radius 3 is 2.65 bits per heavy atom. The molecule has 5 nitrogen and oxygen atoms in total. The van der Waals surface area contributed by atoms with Gasteiger partial charge in [0.1, 0.15) is 5.54 Å². The molecule has 0 aliphatic carbocycles. The third-order valence-corrected chi connectivity index (χ3v) is 5.54. The molecule has 1 aromatic carbocycles. The average molecular weight is 347 g/mol. The number of hydrogen-bond acceptors (Lipinski definition) is 5. The van der Waals surface area contributed by atoms with Crippen molar-refractivity contribution in [2.45, 2.75) is 23.7 Å². The van der Waals surface area contributed by atoms with E-state index in [4.69, 9.17) is 0 Å². The van der Waals surface area contributed by atoms with Crippen LogP contribution in [0.25, 0.3) is 11.3 Å². The molecule has 1 fully saturated rings. The summed E-state index contributed by atoms with van der Waals surface area (Å²) in [4.78, 5) is 29.8. The third-order valence-electron chi connectivity index (χ3n) is 3.54. The number of thiazole rings is 1. The Kier molecular flexibility index (Phi) is 4.41. The van der Waals surface area contributed by atoms with Gasteiger partial charge in [-0.3, -0.25) is 9.69 Å². The molecule has 23 heavy (non-hydrogen) atoms. The standard InChI is InChI=1S/C16H17N3O2S2/c1-16(2)13(20)19(14(21)18-16)8-9-22-15-17-12(10-23-15)11-6-4-3-5-7-11/h3-7,10H,8-9H2,1-2H3,(H,18,21). The molecule has 1 aliphatic heterocycles. The number of carbonyl (C=O) groups is 2. The first-order valence-electron chi connectivity index (χ1n) is 7.25. The van der Waals surface area contributed by atoms with Gasteiger partial charge in [0.15, 0.2) is 4.34 Å². The van der Waals surface area contributed by atoms with Crippen LogP contribution in [0.2, 0.25) is 0 Å². The van der Waals surface area contributed by atoms with Crippen molar-refractivity contribution in [3.63, 3.8) is 0 Å². The molecule has 1 saturated heterocycles. The lowest BCUT2D eigenvalue weighted by atomic mass is 10.1. The Balaban J connectivity index is 1.57. The van der Waals surface area contributed by atoms with Crippen molar-refractivity contribution in [2.24, 2.45) is 0 Å². The van der Waals surface area contributed by atoms with Crippen LogP contribution in [0.1, 0.15) is 13.8 Å². The fraction of sp³-hybridized carbons (Fsp3) is 0.312. The normalized spacial score (nSPS) is 16.7. The first kappa shape index (κ1) is 16.0. The van der Waals surface area contributed by atoms with Crippen LogP contribution in [0.15, 0.2) is 40.1 Å². The van der Waals surface area contributed by atoms with E-state index in [0.29, 0.717) is 12.3 Å². The lowest BCUT2D eigenvalue weighted by Gasteiger charge is -2.15. The molecular weight excluding hydrogens is 330 g/mol. The van der Waals surface area contributed by atoms with Crippen molar-refractivity contribution < 1.29 is 9.59 Å². The van der Waals surface area contributed by atoms with Crippen LogP contribution in [0, 0.1) is 0 Å². The van der Waals surface area contributed by atoms with E-state index in [2.05, 4.69) is 10.3 Å². The first-order valence-corrected chi connectivity index (χ1v) is 9.12. The lowest BCUT2D eigenvalue weighted by Crippen LogP contribution is -2.40. The maximum Gasteiger partial charge on any atom is 0.325 e. The predicted octanol–water partition coefficient (Wildman–Crippen LogP) is 3.23. The second kappa shape index (κ2) is 6.33. The van der Waals surface area contributed by atoms with E-state index in [1.165, 1.54) is 4.90 Å². The molecule has 3 amide bonds. The Bertz CT molecular complexity index is 728. The highest BCUT2D eigenvalue weighted by Gasteiger charge is 2.43. The van der Waals surface area contributed by atoms with Crippen LogP contribution in [-0.4, -0.2) is 39.7 Å². The molecule has 2 aromatic rings. The van der Waals surface area contributed by atoms with E-state index >= 15 is 0 Å². The van der Waals surface area contributed by atoms with Gasteiger partial charge in [0.2, 0.25) is 0 Å². The van der Waals surface area contributed by atoms with Gasteiger partial charge in [0, 0.05) is 23.2 Å². The first-order chi connectivity index (χ1) is 11.0. The van der Waals surface area contributed by atoms with Crippen molar-refractivity contribution in [1.29, 1.82) is 0 Å². The summed E-state index contributed by atoms with van der Waals surface area (Å²) in [5.74, 6) is 0.462. The van der Waals surface area contributed by atoms with Crippen LogP contribution in [0.5, 0.6) is 0 Å². The lowest BCUT2D eigenvalue weighted by molar-refractivity contribution is -0.130. The van der Waals surface area contributed by atoms with Gasteiger partial charge in [-0.15, -0.1) is 11.3 Å². The van der Waals surface area contributed by atoms with E-state index in [0.717, 1.165) is 15.6 Å². The van der Waals surface area contributed by atoms with Crippen molar-refractivity contribution >= 4 is 35.0 Å². The summed E-state index contributed by atoms with van der Waals surface area (Å²) in [5, 5.41) is 4.70. The number of hydrogen-bond donors (Lipinski definition) is 1. The van der Waals surface area contributed by atoms with Crippen LogP contribution in [0.4, 0.5) is 4.79 Å². The van der Waals surface area contributed by atoms with Gasteiger partial charge in [-0.05, 0) is 13.8 Å². The number of thioether (sulfide) groups is 1. The molecule has 0 bridgehead atoms. The van der Waals surface area contributed by atoms with Crippen LogP contribution in [0.3, 0.4) is 0 Å². The van der Waals surface area contributed by atoms with Crippen molar-refractivity contribution in [2.75, 3.05) is 12.3 Å². The molecular formula is C16H17N3O2S2. The SMILES string of the molecule is CC1(C)NC(=O)N(CCSc2nc(-c3ccccc3)cs2)C1=O. The second-order valence-corrected chi connectivity index (χ2v) is 7.93. The van der Waals surface area contributed by atoms with Crippen LogP contribution in [-0.2, 0) is 4.79 Å². The Morgan fingerprint density at radius 1 is 1.26 bits per heavy atom. The summed E-state index contributed by atoms with van der Waals surface area (Å²) in [6.07, 6.45) is 0. The van der Waals surface area contributed by atoms with Crippen molar-refractivity contribution in [3.8, 4) is 11.3 Å². The summed E-state index contributed by atoms with van der Waals surface area (Å²) < 4.78 is 0.940. The molecule has 0 spiro atoms. The topological polar surface area (TPSA) is 62.3 Å². The zero-order valence-electron chi connectivity index (χ0n) is 12.9. The monoisotopic (exact) mass is 347 g/mol. The highest BCUT2D eigenvalue weighted by molar-refractivity contribution is 8.01. The molecule has 0 saturated carbocycles. The highest BCUT2D eigenvalue weighted by atomic mass is 32.2. The van der Waals surface area contributed by atoms with Gasteiger partial charge in [-0.2, -0.15) is 0 Å². The Labute approximate surface area is 143 Å². The number of benzene rings is 1. The van der Waals surface area contributed by atoms with E-state index in [-0.39, 0.29) is 11.9 Å². The Hall–Kier alpha value is -1.86. The number of carbonyl (C=O) groups excluding carboxylic acids is 2. The van der Waals surface area contributed by atoms with Gasteiger partial charge >= 0.3 is 6.03 Å². The average Bonchev–Trinajstić information content (AvgIpc) is 3.06. The van der Waals surface area contributed by atoms with Gasteiger partial charge in [-0.25, -0.2) is 9.78 Å². The molecule has 1 N–H and O–H groups in total. The van der Waals surface area contributed by atoms with E-state index in [9.17, 15) is 9.59 Å². The zero-order valence-corrected chi connectivity index (χ0v) is 14.5. The minimum absolute atomic E-state index is 0.174. The number of aromatic nitrogens is 1. The molecule has 0 unspecified atom stereocenters. The van der Waals surface area contributed by atoms with Gasteiger partial charge in [0.25, 0.3) is 5.91 Å². The molecule has 0 radical (unpaired) electrons. The minimum atomic E-state index is -0.802. The Morgan fingerprint density at radius 2 is 2.00 bits per heavy atom. The predicted molar refractivity (Wildman–Crippen MR) is 92.6 cm³/mol. The number of imide groups is 1. The fourth-order valence-corrected chi connectivity index (χ4v) is 4.14. The number of nitrogens with one attached hydrogen (secondary N) is 1. The quantitative estimate of drug-likeness (QED) is 0.666. The molecule has 7 heteroatoms. The molecule has 1 aromatic heterocycles. The maximum atomic E-state index is 12.1. The number of amides is 3. The smallest absolute Gasteiger partial charge is 0.324 e. The molecule has 120 valence electrons. The largest absolute Gasteiger partial charge is 0.325 e. The summed E-state index contributed by atoms with van der Waals surface area (Å²) >= 11 is 3.14. The highest BCUT2D eigenvalue weighted by Crippen LogP contribution is 2.28. The zero-order chi connectivity index (χ0) is 16.4. The van der Waals surface area contributed by atoms with E-state index in [1.54, 1.807) is 36.9 Å². The van der Waals surface area contributed by atoms with E-state index < -0.39 is 5.54 Å². The van der Waals surface area contributed by atoms with Gasteiger partial charge in [0.05, 0.1) is 5.69 Å². The van der Waals surface area contributed by atoms with Crippen LogP contribution >= 0.6 is 23.1 Å². The van der Waals surface area contributed by atoms with Crippen molar-refractivity contribution in [1.82, 2.24) is 15.2 Å². The third kappa shape index (κ3) is 3.40. The van der Waals surface area contributed by atoms with Crippen molar-refractivity contribution in [3.05, 3.63) is 35.7 Å². The molecule has 2 heterocycles. The van der Waals surface area contributed by atoms with Crippen LogP contribution < -0.4 is 5.32 Å². The summed E-state index contributed by atoms with van der Waals surface area (Å²) in [7, 11) is 0. The summed E-state index contributed by atoms with van der Waals surface area (Å²) in [6, 6.07) is 9.69. The molecule has 0 atom stereocenters. The van der Waals surface area contributed by atoms with E-state index in [1.807, 2.05) is 35.7 Å². The summed E-state index contributed by atoms with van der Waals surface area (Å²) in [5.41, 5.74) is 1.24. The van der Waals surface area contributed by atoms with Gasteiger partial charge < -0.3 is 5.32 Å². The number of rotatable bonds is 5. The fourth-order valence-electron chi connectivity index (χ4n) is 2.31. The second-order valence-electron chi connectivity index (χ2n) is 5.73. The number of nitrogens with zero attached hydrogens (tertiary/aromatic N) is 2. The summed E-state index contributed by atoms with van der Waals surface area (Å²) in [6.45, 7) is 3.82. The van der Waals surface area contributed by atoms with Gasteiger partial charge in [-0.1, -0.05) is 42.1 Å².